The molecular weight excluding hydrogens is 379 g/mol. The maximum Gasteiger partial charge on any atom is 0.334 e. The van der Waals surface area contributed by atoms with Crippen molar-refractivity contribution < 1.29 is 19.0 Å². The van der Waals surface area contributed by atoms with Crippen molar-refractivity contribution in [2.24, 2.45) is 0 Å². The monoisotopic (exact) mass is 398 g/mol. The molecule has 1 aliphatic rings. The number of ether oxygens (including phenoxy) is 1. The summed E-state index contributed by atoms with van der Waals surface area (Å²) in [7, 11) is 0. The van der Waals surface area contributed by atoms with E-state index in [1.54, 1.807) is 23.5 Å². The number of nitrogens with zero attached hydrogens (tertiary/aromatic N) is 2. The van der Waals surface area contributed by atoms with Crippen molar-refractivity contribution in [3.8, 4) is 22.4 Å². The van der Waals surface area contributed by atoms with Crippen LogP contribution in [0.4, 0.5) is 9.52 Å². The van der Waals surface area contributed by atoms with Gasteiger partial charge >= 0.3 is 5.97 Å². The standard InChI is InChI=1S/C21H19FN2O3S/c1-13-19(23-21(28-13)24-10-11-27-18(12-24)20(25)26)16-4-2-14(3-5-16)15-6-8-17(22)9-7-15/h2-9,18H,10-12H2,1H3,(H,25,26). The van der Waals surface area contributed by atoms with Crippen molar-refractivity contribution in [2.75, 3.05) is 24.6 Å². The van der Waals surface area contributed by atoms with Gasteiger partial charge in [0.05, 0.1) is 18.8 Å². The molecule has 4 rings (SSSR count). The van der Waals surface area contributed by atoms with Gasteiger partial charge in [-0.15, -0.1) is 11.3 Å². The highest BCUT2D eigenvalue weighted by Gasteiger charge is 2.28. The van der Waals surface area contributed by atoms with Crippen LogP contribution in [-0.4, -0.2) is 41.9 Å². The Morgan fingerprint density at radius 3 is 2.39 bits per heavy atom. The van der Waals surface area contributed by atoms with E-state index >= 15 is 0 Å². The first kappa shape index (κ1) is 18.6. The minimum Gasteiger partial charge on any atom is -0.479 e. The second-order valence-electron chi connectivity index (χ2n) is 6.63. The first-order chi connectivity index (χ1) is 13.5. The van der Waals surface area contributed by atoms with Crippen molar-refractivity contribution in [3.05, 3.63) is 59.2 Å². The molecule has 1 atom stereocenters. The molecule has 0 spiro atoms. The Hall–Kier alpha value is -2.77. The van der Waals surface area contributed by atoms with E-state index < -0.39 is 12.1 Å². The smallest absolute Gasteiger partial charge is 0.334 e. The van der Waals surface area contributed by atoms with Gasteiger partial charge in [-0.2, -0.15) is 0 Å². The highest BCUT2D eigenvalue weighted by atomic mass is 32.1. The molecule has 1 fully saturated rings. The molecule has 0 aliphatic carbocycles. The van der Waals surface area contributed by atoms with E-state index in [0.29, 0.717) is 19.7 Å². The van der Waals surface area contributed by atoms with Crippen molar-refractivity contribution in [2.45, 2.75) is 13.0 Å². The van der Waals surface area contributed by atoms with Gasteiger partial charge in [-0.3, -0.25) is 0 Å². The molecule has 1 aromatic heterocycles. The van der Waals surface area contributed by atoms with Crippen LogP contribution in [0.2, 0.25) is 0 Å². The fourth-order valence-corrected chi connectivity index (χ4v) is 4.19. The zero-order valence-corrected chi connectivity index (χ0v) is 16.1. The average molecular weight is 398 g/mol. The van der Waals surface area contributed by atoms with E-state index in [9.17, 15) is 14.3 Å². The second kappa shape index (κ2) is 7.69. The van der Waals surface area contributed by atoms with E-state index in [2.05, 4.69) is 0 Å². The normalized spacial score (nSPS) is 16.9. The van der Waals surface area contributed by atoms with E-state index in [0.717, 1.165) is 32.4 Å². The lowest BCUT2D eigenvalue weighted by atomic mass is 10.0. The molecule has 0 bridgehead atoms. The van der Waals surface area contributed by atoms with E-state index in [4.69, 9.17) is 9.72 Å². The van der Waals surface area contributed by atoms with Gasteiger partial charge in [-0.25, -0.2) is 14.2 Å². The topological polar surface area (TPSA) is 62.7 Å². The molecule has 1 N–H and O–H groups in total. The number of hydrogen-bond acceptors (Lipinski definition) is 5. The molecule has 0 saturated carbocycles. The molecular formula is C21H19FN2O3S. The fraction of sp³-hybridized carbons (Fsp3) is 0.238. The number of aliphatic carboxylic acids is 1. The molecule has 5 nitrogen and oxygen atoms in total. The predicted molar refractivity (Wildman–Crippen MR) is 107 cm³/mol. The van der Waals surface area contributed by atoms with Crippen molar-refractivity contribution in [3.63, 3.8) is 0 Å². The molecule has 3 aromatic rings. The summed E-state index contributed by atoms with van der Waals surface area (Å²) in [4.78, 5) is 19.0. The lowest BCUT2D eigenvalue weighted by Gasteiger charge is -2.30. The van der Waals surface area contributed by atoms with Gasteiger partial charge in [0.15, 0.2) is 11.2 Å². The van der Waals surface area contributed by atoms with E-state index in [-0.39, 0.29) is 5.82 Å². The number of aryl methyl sites for hydroxylation is 1. The van der Waals surface area contributed by atoms with Gasteiger partial charge in [-0.1, -0.05) is 36.4 Å². The van der Waals surface area contributed by atoms with Gasteiger partial charge in [0.1, 0.15) is 5.82 Å². The maximum atomic E-state index is 13.1. The summed E-state index contributed by atoms with van der Waals surface area (Å²) in [6.07, 6.45) is -0.823. The summed E-state index contributed by atoms with van der Waals surface area (Å²) in [5.74, 6) is -1.20. The molecule has 0 amide bonds. The number of rotatable bonds is 4. The Morgan fingerprint density at radius 2 is 1.75 bits per heavy atom. The average Bonchev–Trinajstić information content (AvgIpc) is 3.10. The summed E-state index contributed by atoms with van der Waals surface area (Å²) in [6, 6.07) is 14.4. The number of thiazole rings is 1. The Balaban J connectivity index is 1.56. The summed E-state index contributed by atoms with van der Waals surface area (Å²) < 4.78 is 18.4. The molecule has 7 heteroatoms. The lowest BCUT2D eigenvalue weighted by Crippen LogP contribution is -2.46. The van der Waals surface area contributed by atoms with Gasteiger partial charge in [0.2, 0.25) is 0 Å². The van der Waals surface area contributed by atoms with Gasteiger partial charge < -0.3 is 14.7 Å². The number of halogens is 1. The Labute approximate surface area is 166 Å². The first-order valence-corrected chi connectivity index (χ1v) is 9.76. The van der Waals surface area contributed by atoms with Gasteiger partial charge in [-0.05, 0) is 30.2 Å². The summed E-state index contributed by atoms with van der Waals surface area (Å²) in [5.41, 5.74) is 3.85. The summed E-state index contributed by atoms with van der Waals surface area (Å²) in [6.45, 7) is 3.31. The first-order valence-electron chi connectivity index (χ1n) is 8.94. The third kappa shape index (κ3) is 3.76. The molecule has 2 heterocycles. The lowest BCUT2D eigenvalue weighted by molar-refractivity contribution is -0.150. The van der Waals surface area contributed by atoms with Gasteiger partial charge in [0.25, 0.3) is 0 Å². The Kier molecular flexibility index (Phi) is 5.11. The van der Waals surface area contributed by atoms with Crippen LogP contribution in [-0.2, 0) is 9.53 Å². The highest BCUT2D eigenvalue weighted by Crippen LogP contribution is 2.34. The SMILES string of the molecule is Cc1sc(N2CCOC(C(=O)O)C2)nc1-c1ccc(-c2ccc(F)cc2)cc1. The molecule has 28 heavy (non-hydrogen) atoms. The number of carboxylic acid groups (broad SMARTS) is 1. The van der Waals surface area contributed by atoms with Crippen molar-refractivity contribution in [1.82, 2.24) is 4.98 Å². The number of carboxylic acids is 1. The second-order valence-corrected chi connectivity index (χ2v) is 7.81. The Bertz CT molecular complexity index is 986. The van der Waals surface area contributed by atoms with Crippen LogP contribution in [0.3, 0.4) is 0 Å². The third-order valence-electron chi connectivity index (χ3n) is 4.73. The van der Waals surface area contributed by atoms with Crippen LogP contribution < -0.4 is 4.90 Å². The van der Waals surface area contributed by atoms with E-state index in [1.807, 2.05) is 36.1 Å². The number of hydrogen-bond donors (Lipinski definition) is 1. The molecule has 1 unspecified atom stereocenters. The minimum atomic E-state index is -0.949. The predicted octanol–water partition coefficient (Wildman–Crippen LogP) is 4.21. The zero-order chi connectivity index (χ0) is 19.7. The van der Waals surface area contributed by atoms with E-state index in [1.165, 1.54) is 12.1 Å². The number of carbonyl (C=O) groups is 1. The zero-order valence-electron chi connectivity index (χ0n) is 15.3. The van der Waals surface area contributed by atoms with Crippen LogP contribution in [0, 0.1) is 12.7 Å². The largest absolute Gasteiger partial charge is 0.479 e. The molecule has 1 aliphatic heterocycles. The van der Waals surface area contributed by atoms with Crippen LogP contribution in [0.1, 0.15) is 4.88 Å². The van der Waals surface area contributed by atoms with Crippen molar-refractivity contribution >= 4 is 22.4 Å². The fourth-order valence-electron chi connectivity index (χ4n) is 3.22. The number of benzene rings is 2. The van der Waals surface area contributed by atoms with Gasteiger partial charge in [0, 0.05) is 17.0 Å². The van der Waals surface area contributed by atoms with Crippen LogP contribution >= 0.6 is 11.3 Å². The Morgan fingerprint density at radius 1 is 1.14 bits per heavy atom. The molecule has 1 saturated heterocycles. The maximum absolute atomic E-state index is 13.1. The third-order valence-corrected chi connectivity index (χ3v) is 5.77. The molecule has 2 aromatic carbocycles. The van der Waals surface area contributed by atoms with Crippen LogP contribution in [0.25, 0.3) is 22.4 Å². The molecule has 144 valence electrons. The number of anilines is 1. The summed E-state index contributed by atoms with van der Waals surface area (Å²) in [5, 5.41) is 10.00. The van der Waals surface area contributed by atoms with Crippen LogP contribution in [0.15, 0.2) is 48.5 Å². The van der Waals surface area contributed by atoms with Crippen LogP contribution in [0.5, 0.6) is 0 Å². The number of aromatic nitrogens is 1. The highest BCUT2D eigenvalue weighted by molar-refractivity contribution is 7.16. The number of morpholine rings is 1. The summed E-state index contributed by atoms with van der Waals surface area (Å²) >= 11 is 1.56. The minimum absolute atomic E-state index is 0.251. The quantitative estimate of drug-likeness (QED) is 0.713. The molecule has 0 radical (unpaired) electrons. The van der Waals surface area contributed by atoms with Crippen molar-refractivity contribution in [1.29, 1.82) is 0 Å².